The molecule has 1 heterocycles. The molecule has 1 aliphatic heterocycles. The van der Waals surface area contributed by atoms with E-state index in [1.807, 2.05) is 11.8 Å². The SMILES string of the molecule is CCCC1CC(CC(=O)OCC)CCN1Cc1cc(C(F)(F)F)ccc1C(F)(F)F. The van der Waals surface area contributed by atoms with Crippen molar-refractivity contribution in [2.24, 2.45) is 5.92 Å². The van der Waals surface area contributed by atoms with Gasteiger partial charge in [0, 0.05) is 19.0 Å². The fourth-order valence-electron chi connectivity index (χ4n) is 4.06. The van der Waals surface area contributed by atoms with Crippen LogP contribution in [0.3, 0.4) is 0 Å². The Kier molecular flexibility index (Phi) is 8.19. The van der Waals surface area contributed by atoms with E-state index in [-0.39, 0.29) is 43.1 Å². The average Bonchev–Trinajstić information content (AvgIpc) is 2.62. The number of ether oxygens (including phenoxy) is 1. The van der Waals surface area contributed by atoms with Crippen LogP contribution in [0.15, 0.2) is 18.2 Å². The number of benzene rings is 1. The van der Waals surface area contributed by atoms with Crippen molar-refractivity contribution in [3.05, 3.63) is 34.9 Å². The van der Waals surface area contributed by atoms with E-state index in [0.29, 0.717) is 44.0 Å². The van der Waals surface area contributed by atoms with Crippen LogP contribution in [0.1, 0.15) is 62.6 Å². The van der Waals surface area contributed by atoms with Crippen molar-refractivity contribution in [2.75, 3.05) is 13.2 Å². The van der Waals surface area contributed by atoms with E-state index < -0.39 is 23.5 Å². The van der Waals surface area contributed by atoms with Crippen LogP contribution < -0.4 is 0 Å². The lowest BCUT2D eigenvalue weighted by Gasteiger charge is -2.40. The van der Waals surface area contributed by atoms with Crippen LogP contribution in [-0.2, 0) is 28.4 Å². The second kappa shape index (κ2) is 10.0. The third kappa shape index (κ3) is 6.62. The van der Waals surface area contributed by atoms with Gasteiger partial charge in [-0.05, 0) is 62.4 Å². The molecular weight excluding hydrogens is 412 g/mol. The fraction of sp³-hybridized carbons (Fsp3) is 0.667. The highest BCUT2D eigenvalue weighted by Crippen LogP contribution is 2.38. The Hall–Kier alpha value is -1.77. The molecule has 2 unspecified atom stereocenters. The third-order valence-corrected chi connectivity index (χ3v) is 5.44. The zero-order valence-electron chi connectivity index (χ0n) is 17.1. The van der Waals surface area contributed by atoms with Crippen molar-refractivity contribution in [1.29, 1.82) is 0 Å². The molecule has 0 aromatic heterocycles. The van der Waals surface area contributed by atoms with Gasteiger partial charge in [0.15, 0.2) is 0 Å². The number of nitrogens with zero attached hydrogens (tertiary/aromatic N) is 1. The molecule has 30 heavy (non-hydrogen) atoms. The van der Waals surface area contributed by atoms with E-state index in [4.69, 9.17) is 4.74 Å². The van der Waals surface area contributed by atoms with Gasteiger partial charge in [0.2, 0.25) is 0 Å². The van der Waals surface area contributed by atoms with Crippen LogP contribution in [0.4, 0.5) is 26.3 Å². The molecule has 9 heteroatoms. The van der Waals surface area contributed by atoms with Gasteiger partial charge in [-0.15, -0.1) is 0 Å². The maximum atomic E-state index is 13.4. The fourth-order valence-corrected chi connectivity index (χ4v) is 4.06. The maximum Gasteiger partial charge on any atom is 0.416 e. The van der Waals surface area contributed by atoms with Crippen molar-refractivity contribution in [1.82, 2.24) is 4.90 Å². The summed E-state index contributed by atoms with van der Waals surface area (Å²) in [7, 11) is 0. The largest absolute Gasteiger partial charge is 0.466 e. The lowest BCUT2D eigenvalue weighted by atomic mass is 9.86. The van der Waals surface area contributed by atoms with Gasteiger partial charge in [-0.2, -0.15) is 26.3 Å². The number of likely N-dealkylation sites (tertiary alicyclic amines) is 1. The molecule has 1 aliphatic rings. The summed E-state index contributed by atoms with van der Waals surface area (Å²) in [4.78, 5) is 13.6. The summed E-state index contributed by atoms with van der Waals surface area (Å²) in [5.74, 6) is -0.246. The summed E-state index contributed by atoms with van der Waals surface area (Å²) < 4.78 is 84.4. The molecule has 0 spiro atoms. The van der Waals surface area contributed by atoms with E-state index in [1.54, 1.807) is 6.92 Å². The van der Waals surface area contributed by atoms with E-state index in [0.717, 1.165) is 6.42 Å². The van der Waals surface area contributed by atoms with Gasteiger partial charge in [-0.25, -0.2) is 0 Å². The van der Waals surface area contributed by atoms with Gasteiger partial charge < -0.3 is 4.74 Å². The minimum Gasteiger partial charge on any atom is -0.466 e. The first-order chi connectivity index (χ1) is 14.0. The Balaban J connectivity index is 2.23. The number of hydrogen-bond acceptors (Lipinski definition) is 3. The maximum absolute atomic E-state index is 13.4. The average molecular weight is 439 g/mol. The van der Waals surface area contributed by atoms with E-state index >= 15 is 0 Å². The summed E-state index contributed by atoms with van der Waals surface area (Å²) in [5, 5.41) is 0. The molecule has 0 amide bonds. The topological polar surface area (TPSA) is 29.5 Å². The summed E-state index contributed by atoms with van der Waals surface area (Å²) >= 11 is 0. The standard InChI is InChI=1S/C21H27F6NO2/c1-3-5-17-10-14(11-19(29)30-4-2)8-9-28(17)13-15-12-16(20(22,23)24)6-7-18(15)21(25,26)27/h6-7,12,14,17H,3-5,8-11,13H2,1-2H3. The summed E-state index contributed by atoms with van der Waals surface area (Å²) in [6, 6.07) is 1.50. The molecule has 2 rings (SSSR count). The Labute approximate surface area is 172 Å². The molecule has 0 radical (unpaired) electrons. The third-order valence-electron chi connectivity index (χ3n) is 5.44. The van der Waals surface area contributed by atoms with Crippen LogP contribution >= 0.6 is 0 Å². The van der Waals surface area contributed by atoms with E-state index in [1.165, 1.54) is 0 Å². The summed E-state index contributed by atoms with van der Waals surface area (Å²) in [6.07, 6.45) is -6.54. The number of alkyl halides is 6. The number of carbonyl (C=O) groups excluding carboxylic acids is 1. The van der Waals surface area contributed by atoms with Crippen LogP contribution in [0.2, 0.25) is 0 Å². The molecule has 0 aliphatic carbocycles. The van der Waals surface area contributed by atoms with Gasteiger partial charge in [0.25, 0.3) is 0 Å². The molecule has 2 atom stereocenters. The second-order valence-electron chi connectivity index (χ2n) is 7.68. The quantitative estimate of drug-likeness (QED) is 0.382. The highest BCUT2D eigenvalue weighted by molar-refractivity contribution is 5.69. The number of rotatable bonds is 7. The number of carbonyl (C=O) groups is 1. The lowest BCUT2D eigenvalue weighted by molar-refractivity contribution is -0.145. The van der Waals surface area contributed by atoms with Gasteiger partial charge in [-0.3, -0.25) is 9.69 Å². The predicted octanol–water partition coefficient (Wildman–Crippen LogP) is 6.06. The predicted molar refractivity (Wildman–Crippen MR) is 99.5 cm³/mol. The van der Waals surface area contributed by atoms with E-state index in [9.17, 15) is 31.1 Å². The van der Waals surface area contributed by atoms with Gasteiger partial charge in [-0.1, -0.05) is 13.3 Å². The lowest BCUT2D eigenvalue weighted by Crippen LogP contribution is -2.42. The summed E-state index contributed by atoms with van der Waals surface area (Å²) in [5.41, 5.74) is -2.50. The monoisotopic (exact) mass is 439 g/mol. The van der Waals surface area contributed by atoms with Crippen LogP contribution in [0, 0.1) is 5.92 Å². The highest BCUT2D eigenvalue weighted by Gasteiger charge is 2.38. The Morgan fingerprint density at radius 3 is 2.40 bits per heavy atom. The van der Waals surface area contributed by atoms with E-state index in [2.05, 4.69) is 0 Å². The minimum absolute atomic E-state index is 0.0560. The number of halogens is 6. The Morgan fingerprint density at radius 1 is 1.13 bits per heavy atom. The van der Waals surface area contributed by atoms with Crippen molar-refractivity contribution in [2.45, 2.75) is 70.9 Å². The molecule has 1 saturated heterocycles. The molecule has 0 bridgehead atoms. The van der Waals surface area contributed by atoms with Crippen molar-refractivity contribution >= 4 is 5.97 Å². The Bertz CT molecular complexity index is 716. The first-order valence-electron chi connectivity index (χ1n) is 10.1. The number of hydrogen-bond donors (Lipinski definition) is 0. The normalized spacial score (nSPS) is 20.9. The molecule has 1 aromatic rings. The van der Waals surface area contributed by atoms with Gasteiger partial charge >= 0.3 is 18.3 Å². The molecule has 1 fully saturated rings. The number of piperidine rings is 1. The summed E-state index contributed by atoms with van der Waals surface area (Å²) in [6.45, 7) is 4.15. The van der Waals surface area contributed by atoms with Crippen LogP contribution in [0.25, 0.3) is 0 Å². The van der Waals surface area contributed by atoms with Gasteiger partial charge in [0.05, 0.1) is 17.7 Å². The first kappa shape index (κ1) is 24.5. The Morgan fingerprint density at radius 2 is 1.83 bits per heavy atom. The first-order valence-corrected chi connectivity index (χ1v) is 10.1. The van der Waals surface area contributed by atoms with Crippen LogP contribution in [-0.4, -0.2) is 30.1 Å². The van der Waals surface area contributed by atoms with Crippen LogP contribution in [0.5, 0.6) is 0 Å². The number of esters is 1. The van der Waals surface area contributed by atoms with Crippen molar-refractivity contribution in [3.8, 4) is 0 Å². The minimum atomic E-state index is -4.73. The van der Waals surface area contributed by atoms with Gasteiger partial charge in [0.1, 0.15) is 0 Å². The second-order valence-corrected chi connectivity index (χ2v) is 7.68. The molecule has 170 valence electrons. The molecule has 0 saturated carbocycles. The van der Waals surface area contributed by atoms with Crippen molar-refractivity contribution < 1.29 is 35.9 Å². The van der Waals surface area contributed by atoms with Crippen molar-refractivity contribution in [3.63, 3.8) is 0 Å². The zero-order valence-corrected chi connectivity index (χ0v) is 17.1. The zero-order chi connectivity index (χ0) is 22.5. The molecule has 1 aromatic carbocycles. The highest BCUT2D eigenvalue weighted by atomic mass is 19.4. The molecule has 0 N–H and O–H groups in total. The molecular formula is C21H27F6NO2. The smallest absolute Gasteiger partial charge is 0.416 e. The molecule has 3 nitrogen and oxygen atoms in total.